The Balaban J connectivity index is 1.51. The number of rotatable bonds is 4. The lowest BCUT2D eigenvalue weighted by Gasteiger charge is -2.14. The van der Waals surface area contributed by atoms with Crippen molar-refractivity contribution in [3.8, 4) is 0 Å². The molecule has 0 radical (unpaired) electrons. The van der Waals surface area contributed by atoms with Gasteiger partial charge in [0.1, 0.15) is 6.61 Å². The number of nitrogens with zero attached hydrogens (tertiary/aromatic N) is 3. The van der Waals surface area contributed by atoms with Crippen molar-refractivity contribution in [2.45, 2.75) is 26.4 Å². The van der Waals surface area contributed by atoms with Crippen molar-refractivity contribution >= 4 is 39.8 Å². The molecule has 0 spiro atoms. The van der Waals surface area contributed by atoms with Crippen molar-refractivity contribution in [1.29, 1.82) is 0 Å². The Kier molecular flexibility index (Phi) is 4.52. The molecule has 8 nitrogen and oxygen atoms in total. The summed E-state index contributed by atoms with van der Waals surface area (Å²) in [7, 11) is 0. The van der Waals surface area contributed by atoms with Gasteiger partial charge >= 0.3 is 5.97 Å². The molecule has 3 aromatic rings. The lowest BCUT2D eigenvalue weighted by molar-refractivity contribution is -0.121. The highest BCUT2D eigenvalue weighted by molar-refractivity contribution is 7.15. The monoisotopic (exact) mass is 397 g/mol. The van der Waals surface area contributed by atoms with E-state index in [1.165, 1.54) is 33.9 Å². The zero-order valence-corrected chi connectivity index (χ0v) is 15.7. The summed E-state index contributed by atoms with van der Waals surface area (Å²) in [4.78, 5) is 54.2. The minimum Gasteiger partial charge on any atom is -0.456 e. The number of imide groups is 1. The van der Waals surface area contributed by atoms with Gasteiger partial charge in [0.05, 0.1) is 16.9 Å². The standard InChI is InChI=1S/C19H15N3O5S/c1-11-10-28-19-20-13(8-17(25)21(11)19)9-27-18(26)12-3-2-4-14(7-12)22-15(23)5-6-16(22)24/h2-4,7-8,10H,5-6,9H2,1H3. The first kappa shape index (κ1) is 18.1. The molecule has 1 aliphatic heterocycles. The van der Waals surface area contributed by atoms with Crippen LogP contribution in [0.15, 0.2) is 40.5 Å². The van der Waals surface area contributed by atoms with Crippen molar-refractivity contribution in [2.75, 3.05) is 4.90 Å². The van der Waals surface area contributed by atoms with Gasteiger partial charge in [-0.1, -0.05) is 6.07 Å². The van der Waals surface area contributed by atoms with E-state index >= 15 is 0 Å². The molecule has 1 saturated heterocycles. The molecule has 0 unspecified atom stereocenters. The molecule has 1 aliphatic rings. The summed E-state index contributed by atoms with van der Waals surface area (Å²) < 4.78 is 6.75. The van der Waals surface area contributed by atoms with Gasteiger partial charge in [0.25, 0.3) is 5.56 Å². The number of amides is 2. The van der Waals surface area contributed by atoms with Crippen molar-refractivity contribution in [3.05, 3.63) is 63.0 Å². The van der Waals surface area contributed by atoms with Crippen LogP contribution in [0.3, 0.4) is 0 Å². The van der Waals surface area contributed by atoms with E-state index in [4.69, 9.17) is 4.74 Å². The quantitative estimate of drug-likeness (QED) is 0.494. The van der Waals surface area contributed by atoms with E-state index in [9.17, 15) is 19.2 Å². The highest BCUT2D eigenvalue weighted by Gasteiger charge is 2.30. The van der Waals surface area contributed by atoms with Gasteiger partial charge < -0.3 is 4.74 Å². The normalized spacial score (nSPS) is 14.1. The Bertz CT molecular complexity index is 1160. The summed E-state index contributed by atoms with van der Waals surface area (Å²) in [6.45, 7) is 1.66. The summed E-state index contributed by atoms with van der Waals surface area (Å²) in [5.41, 5.74) is 1.46. The first-order chi connectivity index (χ1) is 13.4. The number of thiazole rings is 1. The van der Waals surface area contributed by atoms with Crippen LogP contribution in [-0.4, -0.2) is 27.2 Å². The smallest absolute Gasteiger partial charge is 0.338 e. The van der Waals surface area contributed by atoms with Crippen LogP contribution in [0.25, 0.3) is 4.96 Å². The number of anilines is 1. The van der Waals surface area contributed by atoms with E-state index < -0.39 is 5.97 Å². The second kappa shape index (κ2) is 7.01. The molecule has 2 aromatic heterocycles. The first-order valence-corrected chi connectivity index (χ1v) is 9.42. The lowest BCUT2D eigenvalue weighted by Crippen LogP contribution is -2.28. The van der Waals surface area contributed by atoms with Gasteiger partial charge in [-0.15, -0.1) is 11.3 Å². The Morgan fingerprint density at radius 3 is 2.68 bits per heavy atom. The zero-order valence-electron chi connectivity index (χ0n) is 14.9. The van der Waals surface area contributed by atoms with Gasteiger partial charge in [0.2, 0.25) is 11.8 Å². The van der Waals surface area contributed by atoms with Crippen LogP contribution in [0.1, 0.15) is 34.6 Å². The van der Waals surface area contributed by atoms with E-state index in [1.807, 2.05) is 12.3 Å². The third-order valence-electron chi connectivity index (χ3n) is 4.37. The number of esters is 1. The van der Waals surface area contributed by atoms with E-state index in [-0.39, 0.29) is 42.4 Å². The highest BCUT2D eigenvalue weighted by Crippen LogP contribution is 2.23. The Hall–Kier alpha value is -3.33. The third-order valence-corrected chi connectivity index (χ3v) is 5.31. The Morgan fingerprint density at radius 2 is 1.93 bits per heavy atom. The van der Waals surface area contributed by atoms with Crippen molar-refractivity contribution in [1.82, 2.24) is 9.38 Å². The van der Waals surface area contributed by atoms with Gasteiger partial charge in [-0.2, -0.15) is 0 Å². The van der Waals surface area contributed by atoms with Crippen LogP contribution in [0, 0.1) is 6.92 Å². The Labute approximate surface area is 163 Å². The van der Waals surface area contributed by atoms with Crippen LogP contribution >= 0.6 is 11.3 Å². The molecule has 1 fully saturated rings. The van der Waals surface area contributed by atoms with Crippen molar-refractivity contribution in [2.24, 2.45) is 0 Å². The lowest BCUT2D eigenvalue weighted by atomic mass is 10.2. The number of hydrogen-bond acceptors (Lipinski definition) is 7. The fourth-order valence-electron chi connectivity index (χ4n) is 3.03. The molecule has 3 heterocycles. The summed E-state index contributed by atoms with van der Waals surface area (Å²) >= 11 is 1.33. The van der Waals surface area contributed by atoms with E-state index in [0.29, 0.717) is 16.3 Å². The SMILES string of the molecule is Cc1csc2nc(COC(=O)c3cccc(N4C(=O)CCC4=O)c3)cc(=O)n12. The van der Waals surface area contributed by atoms with Gasteiger partial charge in [-0.3, -0.25) is 23.7 Å². The molecule has 9 heteroatoms. The molecular formula is C19H15N3O5S. The van der Waals surface area contributed by atoms with E-state index in [1.54, 1.807) is 12.1 Å². The average Bonchev–Trinajstić information content (AvgIpc) is 3.22. The Morgan fingerprint density at radius 1 is 1.18 bits per heavy atom. The number of carbonyl (C=O) groups is 3. The maximum Gasteiger partial charge on any atom is 0.338 e. The molecule has 1 aromatic carbocycles. The number of ether oxygens (including phenoxy) is 1. The topological polar surface area (TPSA) is 98.0 Å². The maximum absolute atomic E-state index is 12.4. The summed E-state index contributed by atoms with van der Waals surface area (Å²) in [6.07, 6.45) is 0.332. The molecule has 0 N–H and O–H groups in total. The van der Waals surface area contributed by atoms with Crippen LogP contribution < -0.4 is 10.5 Å². The van der Waals surface area contributed by atoms with Gasteiger partial charge in [-0.25, -0.2) is 9.78 Å². The highest BCUT2D eigenvalue weighted by atomic mass is 32.1. The van der Waals surface area contributed by atoms with Gasteiger partial charge in [0.15, 0.2) is 4.96 Å². The minimum atomic E-state index is -0.634. The van der Waals surface area contributed by atoms with Gasteiger partial charge in [0, 0.05) is 30.0 Å². The number of aryl methyl sites for hydroxylation is 1. The molecule has 0 bridgehead atoms. The number of hydrogen-bond donors (Lipinski definition) is 0. The summed E-state index contributed by atoms with van der Waals surface area (Å²) in [5, 5.41) is 1.83. The summed E-state index contributed by atoms with van der Waals surface area (Å²) in [5.74, 6) is -1.22. The molecule has 28 heavy (non-hydrogen) atoms. The maximum atomic E-state index is 12.4. The van der Waals surface area contributed by atoms with Crippen LogP contribution in [0.2, 0.25) is 0 Å². The van der Waals surface area contributed by atoms with E-state index in [2.05, 4.69) is 4.98 Å². The first-order valence-electron chi connectivity index (χ1n) is 8.54. The molecule has 2 amide bonds. The molecule has 4 rings (SSSR count). The van der Waals surface area contributed by atoms with E-state index in [0.717, 1.165) is 10.6 Å². The second-order valence-corrected chi connectivity index (χ2v) is 7.17. The van der Waals surface area contributed by atoms with Gasteiger partial charge in [-0.05, 0) is 25.1 Å². The predicted octanol–water partition coefficient (Wildman–Crippen LogP) is 2.07. The second-order valence-electron chi connectivity index (χ2n) is 6.33. The number of fused-ring (bicyclic) bond motifs is 1. The minimum absolute atomic E-state index is 0.159. The molecule has 0 atom stereocenters. The van der Waals surface area contributed by atoms with Crippen molar-refractivity contribution in [3.63, 3.8) is 0 Å². The summed E-state index contributed by atoms with van der Waals surface area (Å²) in [6, 6.07) is 7.48. The largest absolute Gasteiger partial charge is 0.456 e. The molecule has 0 saturated carbocycles. The average molecular weight is 397 g/mol. The number of carbonyl (C=O) groups excluding carboxylic acids is 3. The predicted molar refractivity (Wildman–Crippen MR) is 101 cm³/mol. The number of aromatic nitrogens is 2. The van der Waals surface area contributed by atoms with Crippen LogP contribution in [0.5, 0.6) is 0 Å². The fraction of sp³-hybridized carbons (Fsp3) is 0.211. The molecular weight excluding hydrogens is 382 g/mol. The third kappa shape index (κ3) is 3.20. The van der Waals surface area contributed by atoms with Crippen LogP contribution in [-0.2, 0) is 20.9 Å². The molecule has 142 valence electrons. The number of benzene rings is 1. The van der Waals surface area contributed by atoms with Crippen molar-refractivity contribution < 1.29 is 19.1 Å². The zero-order chi connectivity index (χ0) is 19.8. The van der Waals surface area contributed by atoms with Crippen LogP contribution in [0.4, 0.5) is 5.69 Å². The fourth-order valence-corrected chi connectivity index (χ4v) is 3.92. The molecule has 0 aliphatic carbocycles.